The Balaban J connectivity index is 1.83. The Morgan fingerprint density at radius 1 is 1.32 bits per heavy atom. The zero-order chi connectivity index (χ0) is 18.1. The van der Waals surface area contributed by atoms with Crippen molar-refractivity contribution in [1.29, 1.82) is 0 Å². The van der Waals surface area contributed by atoms with E-state index in [9.17, 15) is 9.59 Å². The molecule has 2 aromatic rings. The summed E-state index contributed by atoms with van der Waals surface area (Å²) < 4.78 is 0. The summed E-state index contributed by atoms with van der Waals surface area (Å²) in [5.41, 5.74) is 2.60. The second-order valence-electron chi connectivity index (χ2n) is 6.89. The maximum absolute atomic E-state index is 12.9. The van der Waals surface area contributed by atoms with Crippen molar-refractivity contribution >= 4 is 28.3 Å². The Labute approximate surface area is 152 Å². The van der Waals surface area contributed by atoms with E-state index in [-0.39, 0.29) is 11.8 Å². The highest BCUT2D eigenvalue weighted by Crippen LogP contribution is 2.28. The fourth-order valence-corrected chi connectivity index (χ4v) is 3.88. The average Bonchev–Trinajstić information content (AvgIpc) is 3.05. The van der Waals surface area contributed by atoms with Crippen molar-refractivity contribution in [3.8, 4) is 0 Å². The molecule has 6 heteroatoms. The standard InChI is InChI=1S/C19H23N3O2S/c1-11(2)9-16(17(23)21-19-20-12(3)13(4)25-19)22-10-14-7-5-6-8-15(14)18(22)24/h5-8,11,16H,9-10H2,1-4H3,(H,20,21,23)/t16-/m1/s1. The number of nitrogens with one attached hydrogen (secondary N) is 1. The predicted octanol–water partition coefficient (Wildman–Crippen LogP) is 3.77. The first-order chi connectivity index (χ1) is 11.9. The molecule has 5 nitrogen and oxygen atoms in total. The molecular weight excluding hydrogens is 334 g/mol. The maximum Gasteiger partial charge on any atom is 0.255 e. The minimum absolute atomic E-state index is 0.0668. The fraction of sp³-hybridized carbons (Fsp3) is 0.421. The van der Waals surface area contributed by atoms with Crippen molar-refractivity contribution in [2.24, 2.45) is 5.92 Å². The molecule has 0 unspecified atom stereocenters. The van der Waals surface area contributed by atoms with Crippen molar-refractivity contribution in [1.82, 2.24) is 9.88 Å². The maximum atomic E-state index is 12.9. The van der Waals surface area contributed by atoms with Gasteiger partial charge >= 0.3 is 0 Å². The molecule has 3 rings (SSSR count). The molecule has 132 valence electrons. The van der Waals surface area contributed by atoms with E-state index in [1.807, 2.05) is 38.1 Å². The van der Waals surface area contributed by atoms with Crippen molar-refractivity contribution in [3.63, 3.8) is 0 Å². The number of thiazole rings is 1. The van der Waals surface area contributed by atoms with Gasteiger partial charge in [-0.1, -0.05) is 32.0 Å². The summed E-state index contributed by atoms with van der Waals surface area (Å²) in [7, 11) is 0. The Kier molecular flexibility index (Phi) is 4.90. The number of hydrogen-bond donors (Lipinski definition) is 1. The number of aromatic nitrogens is 1. The Morgan fingerprint density at radius 3 is 2.64 bits per heavy atom. The lowest BCUT2D eigenvalue weighted by molar-refractivity contribution is -0.121. The van der Waals surface area contributed by atoms with Crippen molar-refractivity contribution in [2.75, 3.05) is 5.32 Å². The lowest BCUT2D eigenvalue weighted by Gasteiger charge is -2.27. The Bertz CT molecular complexity index is 793. The molecule has 1 aliphatic heterocycles. The van der Waals surface area contributed by atoms with Crippen LogP contribution in [0.3, 0.4) is 0 Å². The summed E-state index contributed by atoms with van der Waals surface area (Å²) in [5, 5.41) is 3.50. The molecular formula is C19H23N3O2S. The van der Waals surface area contributed by atoms with Gasteiger partial charge in [-0.15, -0.1) is 11.3 Å². The van der Waals surface area contributed by atoms with E-state index in [1.165, 1.54) is 11.3 Å². The first-order valence-electron chi connectivity index (χ1n) is 8.50. The van der Waals surface area contributed by atoms with Gasteiger partial charge in [0.15, 0.2) is 5.13 Å². The number of anilines is 1. The predicted molar refractivity (Wildman–Crippen MR) is 99.8 cm³/mol. The van der Waals surface area contributed by atoms with E-state index in [1.54, 1.807) is 4.90 Å². The van der Waals surface area contributed by atoms with Gasteiger partial charge in [-0.25, -0.2) is 4.98 Å². The van der Waals surface area contributed by atoms with Crippen LogP contribution < -0.4 is 5.32 Å². The van der Waals surface area contributed by atoms with E-state index in [0.29, 0.717) is 29.6 Å². The molecule has 1 N–H and O–H groups in total. The lowest BCUT2D eigenvalue weighted by atomic mass is 10.0. The first-order valence-corrected chi connectivity index (χ1v) is 9.32. The number of hydrogen-bond acceptors (Lipinski definition) is 4. The van der Waals surface area contributed by atoms with E-state index in [4.69, 9.17) is 0 Å². The molecule has 0 fully saturated rings. The Morgan fingerprint density at radius 2 is 2.04 bits per heavy atom. The summed E-state index contributed by atoms with van der Waals surface area (Å²) in [6.07, 6.45) is 0.620. The van der Waals surface area contributed by atoms with Crippen LogP contribution in [0.4, 0.5) is 5.13 Å². The second kappa shape index (κ2) is 6.96. The fourth-order valence-electron chi connectivity index (χ4n) is 3.07. The van der Waals surface area contributed by atoms with E-state index < -0.39 is 6.04 Å². The minimum atomic E-state index is -0.496. The molecule has 1 aromatic heterocycles. The molecule has 0 bridgehead atoms. The molecule has 1 aromatic carbocycles. The molecule has 0 saturated carbocycles. The van der Waals surface area contributed by atoms with Gasteiger partial charge in [-0.2, -0.15) is 0 Å². The normalized spacial score (nSPS) is 14.8. The average molecular weight is 357 g/mol. The van der Waals surface area contributed by atoms with E-state index >= 15 is 0 Å². The number of amides is 2. The van der Waals surface area contributed by atoms with Crippen molar-refractivity contribution in [3.05, 3.63) is 46.0 Å². The van der Waals surface area contributed by atoms with Gasteiger partial charge in [0.25, 0.3) is 5.91 Å². The van der Waals surface area contributed by atoms with Gasteiger partial charge < -0.3 is 10.2 Å². The van der Waals surface area contributed by atoms with Gasteiger partial charge in [0, 0.05) is 17.0 Å². The van der Waals surface area contributed by atoms with Crippen LogP contribution in [0.25, 0.3) is 0 Å². The number of carbonyl (C=O) groups is 2. The van der Waals surface area contributed by atoms with Crippen LogP contribution in [0.5, 0.6) is 0 Å². The van der Waals surface area contributed by atoms with Gasteiger partial charge in [-0.3, -0.25) is 9.59 Å². The van der Waals surface area contributed by atoms with E-state index in [2.05, 4.69) is 24.1 Å². The third-order valence-electron chi connectivity index (χ3n) is 4.48. The summed E-state index contributed by atoms with van der Waals surface area (Å²) >= 11 is 1.46. The monoisotopic (exact) mass is 357 g/mol. The van der Waals surface area contributed by atoms with Crippen LogP contribution in [0.2, 0.25) is 0 Å². The molecule has 0 spiro atoms. The molecule has 1 atom stereocenters. The summed E-state index contributed by atoms with van der Waals surface area (Å²) in [6, 6.07) is 7.07. The largest absolute Gasteiger partial charge is 0.322 e. The zero-order valence-electron chi connectivity index (χ0n) is 15.0. The third-order valence-corrected chi connectivity index (χ3v) is 5.47. The molecule has 2 amide bonds. The van der Waals surface area contributed by atoms with Crippen LogP contribution in [0, 0.1) is 19.8 Å². The smallest absolute Gasteiger partial charge is 0.255 e. The molecule has 0 radical (unpaired) electrons. The quantitative estimate of drug-likeness (QED) is 0.886. The van der Waals surface area contributed by atoms with Crippen LogP contribution in [-0.4, -0.2) is 27.7 Å². The molecule has 1 aliphatic rings. The van der Waals surface area contributed by atoms with Gasteiger partial charge in [0.2, 0.25) is 5.91 Å². The van der Waals surface area contributed by atoms with Crippen LogP contribution in [-0.2, 0) is 11.3 Å². The molecule has 2 heterocycles. The Hall–Kier alpha value is -2.21. The third kappa shape index (κ3) is 3.58. The number of fused-ring (bicyclic) bond motifs is 1. The minimum Gasteiger partial charge on any atom is -0.322 e. The number of nitrogens with zero attached hydrogens (tertiary/aromatic N) is 2. The topological polar surface area (TPSA) is 62.3 Å². The lowest BCUT2D eigenvalue weighted by Crippen LogP contribution is -2.45. The summed E-state index contributed by atoms with van der Waals surface area (Å²) in [5.74, 6) is 0.0681. The van der Waals surface area contributed by atoms with Gasteiger partial charge in [-0.05, 0) is 37.8 Å². The number of carbonyl (C=O) groups excluding carboxylic acids is 2. The van der Waals surface area contributed by atoms with Gasteiger partial charge in [0.05, 0.1) is 5.69 Å². The van der Waals surface area contributed by atoms with Crippen LogP contribution >= 0.6 is 11.3 Å². The highest BCUT2D eigenvalue weighted by molar-refractivity contribution is 7.15. The highest BCUT2D eigenvalue weighted by atomic mass is 32.1. The number of benzene rings is 1. The SMILES string of the molecule is Cc1nc(NC(=O)[C@@H](CC(C)C)N2Cc3ccccc3C2=O)sc1C. The number of rotatable bonds is 5. The van der Waals surface area contributed by atoms with Crippen molar-refractivity contribution < 1.29 is 9.59 Å². The second-order valence-corrected chi connectivity index (χ2v) is 8.09. The van der Waals surface area contributed by atoms with Crippen molar-refractivity contribution in [2.45, 2.75) is 46.7 Å². The molecule has 0 aliphatic carbocycles. The zero-order valence-corrected chi connectivity index (χ0v) is 15.8. The van der Waals surface area contributed by atoms with Crippen LogP contribution in [0.1, 0.15) is 46.8 Å². The first kappa shape index (κ1) is 17.6. The summed E-state index contributed by atoms with van der Waals surface area (Å²) in [6.45, 7) is 8.51. The van der Waals surface area contributed by atoms with Gasteiger partial charge in [0.1, 0.15) is 6.04 Å². The van der Waals surface area contributed by atoms with E-state index in [0.717, 1.165) is 16.1 Å². The van der Waals surface area contributed by atoms with Crippen LogP contribution in [0.15, 0.2) is 24.3 Å². The highest BCUT2D eigenvalue weighted by Gasteiger charge is 2.36. The molecule has 0 saturated heterocycles. The number of aryl methyl sites for hydroxylation is 2. The molecule has 25 heavy (non-hydrogen) atoms. The summed E-state index contributed by atoms with van der Waals surface area (Å²) in [4.78, 5) is 32.8.